The molecule has 1 aromatic carbocycles. The first-order chi connectivity index (χ1) is 12.8. The number of hydrogen-bond donors (Lipinski definition) is 0. The van der Waals surface area contributed by atoms with Crippen LogP contribution in [0.1, 0.15) is 94.6 Å². The molecule has 2 saturated carbocycles. The third-order valence-corrected chi connectivity index (χ3v) is 6.79. The second-order valence-corrected chi connectivity index (χ2v) is 8.63. The Morgan fingerprint density at radius 2 is 1.69 bits per heavy atom. The van der Waals surface area contributed by atoms with Crippen molar-refractivity contribution in [2.24, 2.45) is 0 Å². The molecule has 3 rings (SSSR count). The van der Waals surface area contributed by atoms with Crippen molar-refractivity contribution >= 4 is 17.7 Å². The molecule has 0 bridgehead atoms. The topological polar surface area (TPSA) is 3.24 Å². The van der Waals surface area contributed by atoms with Crippen molar-refractivity contribution in [3.8, 4) is 0 Å². The van der Waals surface area contributed by atoms with Crippen molar-refractivity contribution in [2.75, 3.05) is 13.1 Å². The molecule has 0 atom stereocenters. The van der Waals surface area contributed by atoms with E-state index in [0.717, 1.165) is 17.5 Å². The lowest BCUT2D eigenvalue weighted by atomic mass is 9.84. The molecule has 2 heteroatoms. The average molecular weight is 374 g/mol. The van der Waals surface area contributed by atoms with Crippen molar-refractivity contribution < 1.29 is 0 Å². The minimum atomic E-state index is 0.683. The number of benzene rings is 1. The molecule has 1 aromatic rings. The van der Waals surface area contributed by atoms with Crippen LogP contribution in [0.5, 0.6) is 0 Å². The molecule has 0 aromatic heterocycles. The van der Waals surface area contributed by atoms with E-state index in [4.69, 9.17) is 11.6 Å². The van der Waals surface area contributed by atoms with Crippen molar-refractivity contribution in [3.63, 3.8) is 0 Å². The SMILES string of the molecule is CCN(CC/C=C/c1ccc(C2CCCCC2)c(Cl)c1)C1CCCCC1. The molecule has 0 aliphatic heterocycles. The van der Waals surface area contributed by atoms with Gasteiger partial charge in [0.15, 0.2) is 0 Å². The molecule has 0 radical (unpaired) electrons. The zero-order valence-electron chi connectivity index (χ0n) is 16.6. The Balaban J connectivity index is 1.50. The van der Waals surface area contributed by atoms with E-state index in [9.17, 15) is 0 Å². The molecule has 0 N–H and O–H groups in total. The third-order valence-electron chi connectivity index (χ3n) is 6.46. The van der Waals surface area contributed by atoms with Crippen LogP contribution < -0.4 is 0 Å². The largest absolute Gasteiger partial charge is 0.300 e. The zero-order chi connectivity index (χ0) is 18.2. The summed E-state index contributed by atoms with van der Waals surface area (Å²) in [7, 11) is 0. The van der Waals surface area contributed by atoms with Gasteiger partial charge in [-0.25, -0.2) is 0 Å². The highest BCUT2D eigenvalue weighted by molar-refractivity contribution is 6.31. The van der Waals surface area contributed by atoms with Gasteiger partial charge in [-0.2, -0.15) is 0 Å². The van der Waals surface area contributed by atoms with Crippen molar-refractivity contribution in [1.82, 2.24) is 4.90 Å². The summed E-state index contributed by atoms with van der Waals surface area (Å²) in [6.45, 7) is 4.67. The molecule has 2 aliphatic rings. The van der Waals surface area contributed by atoms with Crippen LogP contribution in [-0.2, 0) is 0 Å². The van der Waals surface area contributed by atoms with Crippen LogP contribution in [0, 0.1) is 0 Å². The molecular formula is C24H36ClN. The average Bonchev–Trinajstić information content (AvgIpc) is 2.69. The molecule has 2 fully saturated rings. The van der Waals surface area contributed by atoms with E-state index in [2.05, 4.69) is 42.2 Å². The van der Waals surface area contributed by atoms with Gasteiger partial charge in [-0.15, -0.1) is 0 Å². The van der Waals surface area contributed by atoms with E-state index in [1.807, 2.05) is 0 Å². The van der Waals surface area contributed by atoms with Crippen LogP contribution in [0.3, 0.4) is 0 Å². The van der Waals surface area contributed by atoms with E-state index >= 15 is 0 Å². The quantitative estimate of drug-likeness (QED) is 0.479. The van der Waals surface area contributed by atoms with E-state index in [-0.39, 0.29) is 0 Å². The highest BCUT2D eigenvalue weighted by atomic mass is 35.5. The maximum atomic E-state index is 6.61. The Morgan fingerprint density at radius 1 is 1.00 bits per heavy atom. The fourth-order valence-electron chi connectivity index (χ4n) is 4.90. The Kier molecular flexibility index (Phi) is 8.08. The monoisotopic (exact) mass is 373 g/mol. The Bertz CT molecular complexity index is 568. The molecular weight excluding hydrogens is 338 g/mol. The van der Waals surface area contributed by atoms with Crippen LogP contribution in [0.25, 0.3) is 6.08 Å². The summed E-state index contributed by atoms with van der Waals surface area (Å²) < 4.78 is 0. The molecule has 0 spiro atoms. The molecule has 1 nitrogen and oxygen atoms in total. The van der Waals surface area contributed by atoms with Gasteiger partial charge >= 0.3 is 0 Å². The second kappa shape index (κ2) is 10.5. The summed E-state index contributed by atoms with van der Waals surface area (Å²) in [5.41, 5.74) is 2.62. The molecule has 0 unspecified atom stereocenters. The first kappa shape index (κ1) is 20.0. The predicted molar refractivity (Wildman–Crippen MR) is 115 cm³/mol. The third kappa shape index (κ3) is 5.60. The van der Waals surface area contributed by atoms with E-state index < -0.39 is 0 Å². The normalized spacial score (nSPS) is 20.3. The smallest absolute Gasteiger partial charge is 0.0446 e. The fraction of sp³-hybridized carbons (Fsp3) is 0.667. The number of hydrogen-bond acceptors (Lipinski definition) is 1. The summed E-state index contributed by atoms with van der Waals surface area (Å²) in [6, 6.07) is 7.52. The van der Waals surface area contributed by atoms with E-state index in [1.165, 1.54) is 88.4 Å². The maximum absolute atomic E-state index is 6.61. The van der Waals surface area contributed by atoms with Crippen LogP contribution in [0.15, 0.2) is 24.3 Å². The van der Waals surface area contributed by atoms with Gasteiger partial charge in [0, 0.05) is 17.6 Å². The number of nitrogens with zero attached hydrogens (tertiary/aromatic N) is 1. The van der Waals surface area contributed by atoms with Gasteiger partial charge in [-0.05, 0) is 61.8 Å². The summed E-state index contributed by atoms with van der Waals surface area (Å²) in [4.78, 5) is 2.68. The summed E-state index contributed by atoms with van der Waals surface area (Å²) in [5.74, 6) is 0.683. The first-order valence-corrected chi connectivity index (χ1v) is 11.4. The first-order valence-electron chi connectivity index (χ1n) is 11.0. The molecule has 0 saturated heterocycles. The number of halogens is 1. The minimum absolute atomic E-state index is 0.683. The van der Waals surface area contributed by atoms with Gasteiger partial charge in [-0.3, -0.25) is 0 Å². The van der Waals surface area contributed by atoms with Crippen LogP contribution in [-0.4, -0.2) is 24.0 Å². The Labute approximate surface area is 165 Å². The van der Waals surface area contributed by atoms with Crippen molar-refractivity contribution in [2.45, 2.75) is 89.5 Å². The van der Waals surface area contributed by atoms with Crippen LogP contribution in [0.4, 0.5) is 0 Å². The molecule has 2 aliphatic carbocycles. The van der Waals surface area contributed by atoms with Gasteiger partial charge in [0.05, 0.1) is 0 Å². The lowest BCUT2D eigenvalue weighted by molar-refractivity contribution is 0.166. The lowest BCUT2D eigenvalue weighted by Gasteiger charge is -2.33. The molecule has 26 heavy (non-hydrogen) atoms. The van der Waals surface area contributed by atoms with Gasteiger partial charge in [0.2, 0.25) is 0 Å². The van der Waals surface area contributed by atoms with Gasteiger partial charge < -0.3 is 4.90 Å². The Hall–Kier alpha value is -0.790. The maximum Gasteiger partial charge on any atom is 0.0446 e. The van der Waals surface area contributed by atoms with Crippen molar-refractivity contribution in [3.05, 3.63) is 40.4 Å². The van der Waals surface area contributed by atoms with Crippen LogP contribution in [0.2, 0.25) is 5.02 Å². The lowest BCUT2D eigenvalue weighted by Crippen LogP contribution is -2.37. The standard InChI is InChI=1S/C24H36ClN/c1-2-26(22-14-7-4-8-15-22)18-10-9-11-20-16-17-23(24(25)19-20)21-12-5-3-6-13-21/h9,11,16-17,19,21-22H,2-8,10,12-15,18H2,1H3/b11-9+. The van der Waals surface area contributed by atoms with Gasteiger partial charge in [0.25, 0.3) is 0 Å². The summed E-state index contributed by atoms with van der Waals surface area (Å²) >= 11 is 6.61. The molecule has 144 valence electrons. The summed E-state index contributed by atoms with van der Waals surface area (Å²) in [5, 5.41) is 0.969. The predicted octanol–water partition coefficient (Wildman–Crippen LogP) is 7.45. The second-order valence-electron chi connectivity index (χ2n) is 8.23. The van der Waals surface area contributed by atoms with Gasteiger partial charge in [0.1, 0.15) is 0 Å². The summed E-state index contributed by atoms with van der Waals surface area (Å²) in [6.07, 6.45) is 19.5. The fourth-order valence-corrected chi connectivity index (χ4v) is 5.24. The molecule has 0 amide bonds. The highest BCUT2D eigenvalue weighted by Gasteiger charge is 2.19. The van der Waals surface area contributed by atoms with Crippen LogP contribution >= 0.6 is 11.6 Å². The van der Waals surface area contributed by atoms with Crippen molar-refractivity contribution in [1.29, 1.82) is 0 Å². The highest BCUT2D eigenvalue weighted by Crippen LogP contribution is 2.36. The van der Waals surface area contributed by atoms with Gasteiger partial charge in [-0.1, -0.05) is 81.3 Å². The Morgan fingerprint density at radius 3 is 2.35 bits per heavy atom. The van der Waals surface area contributed by atoms with E-state index in [0.29, 0.717) is 5.92 Å². The minimum Gasteiger partial charge on any atom is -0.300 e. The zero-order valence-corrected chi connectivity index (χ0v) is 17.3. The molecule has 0 heterocycles. The number of rotatable bonds is 7. The van der Waals surface area contributed by atoms with E-state index in [1.54, 1.807) is 0 Å².